The summed E-state index contributed by atoms with van der Waals surface area (Å²) in [4.78, 5) is 7.89. The molecule has 0 atom stereocenters. The second-order valence-corrected chi connectivity index (χ2v) is 10.9. The molecule has 180 valence electrons. The number of unbranched alkanes of at least 4 members (excludes halogenated alkanes) is 1. The fourth-order valence-electron chi connectivity index (χ4n) is 5.08. The molecular weight excluding hydrogens is 444 g/mol. The Hall–Kier alpha value is -2.91. The monoisotopic (exact) mass is 480 g/mol. The maximum absolute atomic E-state index is 5.33. The zero-order chi connectivity index (χ0) is 24.2. The highest BCUT2D eigenvalue weighted by atomic mass is 32.1. The van der Waals surface area contributed by atoms with Crippen molar-refractivity contribution in [3.63, 3.8) is 0 Å². The van der Waals surface area contributed by atoms with Crippen molar-refractivity contribution in [3.05, 3.63) is 100 Å². The van der Waals surface area contributed by atoms with Crippen molar-refractivity contribution >= 4 is 32.3 Å². The SMILES string of the molecule is CCCCc1ccc(C)c2sc3c(c12)CN(CCc1ccc(C)cc1)C(CCc1ccccc1)=N3. The highest BCUT2D eigenvalue weighted by Crippen LogP contribution is 2.44. The lowest BCUT2D eigenvalue weighted by molar-refractivity contribution is 0.404. The summed E-state index contributed by atoms with van der Waals surface area (Å²) in [5.41, 5.74) is 8.44. The summed E-state index contributed by atoms with van der Waals surface area (Å²) in [6.07, 6.45) is 6.68. The second-order valence-electron chi connectivity index (χ2n) is 9.91. The van der Waals surface area contributed by atoms with Gasteiger partial charge in [0.05, 0.1) is 0 Å². The molecule has 0 saturated carbocycles. The standard InChI is InChI=1S/C32H36N2S/c1-4-5-11-27-18-14-24(3)31-30(27)28-22-34(21-20-26-15-12-23(2)13-16-26)29(33-32(28)35-31)19-17-25-9-7-6-8-10-25/h6-10,12-16,18H,4-5,11,17,19-22H2,1-3H3. The molecule has 0 N–H and O–H groups in total. The van der Waals surface area contributed by atoms with E-state index < -0.39 is 0 Å². The topological polar surface area (TPSA) is 15.6 Å². The normalized spacial score (nSPS) is 13.2. The highest BCUT2D eigenvalue weighted by molar-refractivity contribution is 7.23. The number of fused-ring (bicyclic) bond motifs is 3. The summed E-state index contributed by atoms with van der Waals surface area (Å²) < 4.78 is 1.44. The fraction of sp³-hybridized carbons (Fsp3) is 0.344. The first-order valence-corrected chi connectivity index (χ1v) is 13.9. The molecule has 1 aromatic heterocycles. The molecule has 35 heavy (non-hydrogen) atoms. The van der Waals surface area contributed by atoms with Crippen molar-refractivity contribution in [1.29, 1.82) is 0 Å². The molecule has 0 spiro atoms. The molecule has 0 aliphatic carbocycles. The number of benzene rings is 3. The van der Waals surface area contributed by atoms with Crippen LogP contribution in [0.15, 0.2) is 71.7 Å². The molecular formula is C32H36N2S. The van der Waals surface area contributed by atoms with Crippen molar-refractivity contribution in [1.82, 2.24) is 4.90 Å². The molecule has 0 bridgehead atoms. The molecule has 1 aliphatic rings. The number of nitrogens with zero attached hydrogens (tertiary/aromatic N) is 2. The number of rotatable bonds is 9. The summed E-state index contributed by atoms with van der Waals surface area (Å²) in [5, 5.41) is 2.73. The van der Waals surface area contributed by atoms with Gasteiger partial charge in [-0.3, -0.25) is 0 Å². The van der Waals surface area contributed by atoms with E-state index in [1.54, 1.807) is 0 Å². The van der Waals surface area contributed by atoms with Gasteiger partial charge in [0.25, 0.3) is 0 Å². The van der Waals surface area contributed by atoms with Crippen LogP contribution in [0.2, 0.25) is 0 Å². The van der Waals surface area contributed by atoms with Gasteiger partial charge in [0, 0.05) is 35.2 Å². The average molecular weight is 481 g/mol. The molecule has 3 heteroatoms. The minimum Gasteiger partial charge on any atom is -0.355 e. The van der Waals surface area contributed by atoms with E-state index >= 15 is 0 Å². The van der Waals surface area contributed by atoms with Crippen molar-refractivity contribution in [2.75, 3.05) is 6.54 Å². The Morgan fingerprint density at radius 3 is 2.37 bits per heavy atom. The van der Waals surface area contributed by atoms with Crippen LogP contribution in [0.3, 0.4) is 0 Å². The highest BCUT2D eigenvalue weighted by Gasteiger charge is 2.25. The number of hydrogen-bond donors (Lipinski definition) is 0. The first-order valence-electron chi connectivity index (χ1n) is 13.1. The van der Waals surface area contributed by atoms with E-state index in [4.69, 9.17) is 4.99 Å². The van der Waals surface area contributed by atoms with Crippen LogP contribution in [0, 0.1) is 13.8 Å². The zero-order valence-corrected chi connectivity index (χ0v) is 22.1. The average Bonchev–Trinajstić information content (AvgIpc) is 3.26. The van der Waals surface area contributed by atoms with Crippen LogP contribution in [-0.4, -0.2) is 17.3 Å². The van der Waals surface area contributed by atoms with E-state index in [1.165, 1.54) is 67.1 Å². The van der Waals surface area contributed by atoms with E-state index in [0.717, 1.165) is 38.8 Å². The Morgan fingerprint density at radius 1 is 0.829 bits per heavy atom. The van der Waals surface area contributed by atoms with Crippen molar-refractivity contribution in [2.45, 2.75) is 65.8 Å². The van der Waals surface area contributed by atoms with Crippen LogP contribution >= 0.6 is 11.3 Å². The van der Waals surface area contributed by atoms with Gasteiger partial charge in [0.1, 0.15) is 10.8 Å². The van der Waals surface area contributed by atoms with Gasteiger partial charge in [-0.05, 0) is 61.8 Å². The largest absolute Gasteiger partial charge is 0.355 e. The van der Waals surface area contributed by atoms with Gasteiger partial charge in [0.2, 0.25) is 0 Å². The maximum Gasteiger partial charge on any atom is 0.124 e. The lowest BCUT2D eigenvalue weighted by atomic mass is 9.98. The summed E-state index contributed by atoms with van der Waals surface area (Å²) in [6, 6.07) is 24.5. The predicted molar refractivity (Wildman–Crippen MR) is 152 cm³/mol. The minimum atomic E-state index is 0.970. The Balaban J connectivity index is 1.48. The third kappa shape index (κ3) is 5.36. The predicted octanol–water partition coefficient (Wildman–Crippen LogP) is 8.58. The molecule has 5 rings (SSSR count). The lowest BCUT2D eigenvalue weighted by Gasteiger charge is -2.30. The Bertz CT molecular complexity index is 1320. The maximum atomic E-state index is 5.33. The smallest absolute Gasteiger partial charge is 0.124 e. The number of aryl methyl sites for hydroxylation is 4. The molecule has 0 radical (unpaired) electrons. The minimum absolute atomic E-state index is 0.970. The van der Waals surface area contributed by atoms with Gasteiger partial charge in [-0.1, -0.05) is 85.6 Å². The zero-order valence-electron chi connectivity index (χ0n) is 21.3. The Labute approximate surface area is 214 Å². The van der Waals surface area contributed by atoms with Crippen LogP contribution < -0.4 is 0 Å². The molecule has 1 aliphatic heterocycles. The van der Waals surface area contributed by atoms with E-state index in [-0.39, 0.29) is 0 Å². The molecule has 2 nitrogen and oxygen atoms in total. The molecule has 0 saturated heterocycles. The summed E-state index contributed by atoms with van der Waals surface area (Å²) in [6.45, 7) is 8.67. The van der Waals surface area contributed by atoms with E-state index in [1.807, 2.05) is 11.3 Å². The number of aliphatic imine (C=N–C) groups is 1. The van der Waals surface area contributed by atoms with Crippen LogP contribution in [0.1, 0.15) is 59.6 Å². The molecule has 2 heterocycles. The summed E-state index contributed by atoms with van der Waals surface area (Å²) in [7, 11) is 0. The first-order chi connectivity index (χ1) is 17.1. The van der Waals surface area contributed by atoms with Crippen molar-refractivity contribution < 1.29 is 0 Å². The second kappa shape index (κ2) is 10.8. The Kier molecular flexibility index (Phi) is 7.34. The van der Waals surface area contributed by atoms with Crippen molar-refractivity contribution in [3.8, 4) is 0 Å². The van der Waals surface area contributed by atoms with Crippen LogP contribution in [-0.2, 0) is 25.8 Å². The molecule has 0 amide bonds. The quantitative estimate of drug-likeness (QED) is 0.234. The van der Waals surface area contributed by atoms with Crippen LogP contribution in [0.25, 0.3) is 10.1 Å². The van der Waals surface area contributed by atoms with Crippen LogP contribution in [0.4, 0.5) is 5.00 Å². The number of amidine groups is 1. The third-order valence-corrected chi connectivity index (χ3v) is 8.48. The van der Waals surface area contributed by atoms with E-state index in [2.05, 4.69) is 92.4 Å². The van der Waals surface area contributed by atoms with E-state index in [9.17, 15) is 0 Å². The number of thiophene rings is 1. The fourth-order valence-corrected chi connectivity index (χ4v) is 6.30. The third-order valence-electron chi connectivity index (χ3n) is 7.21. The van der Waals surface area contributed by atoms with E-state index in [0.29, 0.717) is 0 Å². The van der Waals surface area contributed by atoms with Gasteiger partial charge in [-0.15, -0.1) is 11.3 Å². The van der Waals surface area contributed by atoms with Gasteiger partial charge >= 0.3 is 0 Å². The summed E-state index contributed by atoms with van der Waals surface area (Å²) >= 11 is 1.90. The molecule has 0 unspecified atom stereocenters. The Morgan fingerprint density at radius 2 is 1.60 bits per heavy atom. The first kappa shape index (κ1) is 23.8. The van der Waals surface area contributed by atoms with Gasteiger partial charge in [-0.25, -0.2) is 4.99 Å². The van der Waals surface area contributed by atoms with Gasteiger partial charge < -0.3 is 4.90 Å². The van der Waals surface area contributed by atoms with Gasteiger partial charge in [-0.2, -0.15) is 0 Å². The number of hydrogen-bond acceptors (Lipinski definition) is 3. The molecule has 3 aromatic carbocycles. The molecule has 4 aromatic rings. The molecule has 0 fully saturated rings. The lowest BCUT2D eigenvalue weighted by Crippen LogP contribution is -2.34. The van der Waals surface area contributed by atoms with Crippen molar-refractivity contribution in [2.24, 2.45) is 4.99 Å². The van der Waals surface area contributed by atoms with Crippen LogP contribution in [0.5, 0.6) is 0 Å². The van der Waals surface area contributed by atoms with Gasteiger partial charge in [0.15, 0.2) is 0 Å². The summed E-state index contributed by atoms with van der Waals surface area (Å²) in [5.74, 6) is 1.24.